The van der Waals surface area contributed by atoms with E-state index < -0.39 is 41.9 Å². The lowest BCUT2D eigenvalue weighted by molar-refractivity contribution is -0.137. The highest BCUT2D eigenvalue weighted by molar-refractivity contribution is 6.62. The lowest BCUT2D eigenvalue weighted by Gasteiger charge is -2.32. The van der Waals surface area contributed by atoms with Gasteiger partial charge < -0.3 is 14.6 Å². The van der Waals surface area contributed by atoms with Gasteiger partial charge in [0.25, 0.3) is 0 Å². The predicted octanol–water partition coefficient (Wildman–Crippen LogP) is 4.49. The molecule has 3 rings (SSSR count). The molecule has 11 heteroatoms. The molecule has 0 saturated carbocycles. The molecule has 0 unspecified atom stereocenters. The van der Waals surface area contributed by atoms with Crippen molar-refractivity contribution in [2.75, 3.05) is 10.6 Å². The van der Waals surface area contributed by atoms with Crippen molar-refractivity contribution in [1.82, 2.24) is 4.98 Å². The second-order valence-corrected chi connectivity index (χ2v) is 8.28. The summed E-state index contributed by atoms with van der Waals surface area (Å²) < 4.78 is 64.9. The minimum absolute atomic E-state index is 0.141. The molecule has 1 aromatic carbocycles. The largest absolute Gasteiger partial charge is 0.497 e. The molecule has 0 atom stereocenters. The van der Waals surface area contributed by atoms with Crippen molar-refractivity contribution in [3.8, 4) is 0 Å². The molecule has 2 N–H and O–H groups in total. The van der Waals surface area contributed by atoms with E-state index in [1.807, 2.05) is 27.7 Å². The van der Waals surface area contributed by atoms with Crippen LogP contribution in [0, 0.1) is 12.7 Å². The van der Waals surface area contributed by atoms with Crippen LogP contribution in [0.2, 0.25) is 0 Å². The highest BCUT2D eigenvalue weighted by Crippen LogP contribution is 2.37. The number of aromatic nitrogens is 1. The fourth-order valence-corrected chi connectivity index (χ4v) is 2.93. The fourth-order valence-electron chi connectivity index (χ4n) is 2.93. The topological polar surface area (TPSA) is 72.5 Å². The smallest absolute Gasteiger partial charge is 0.399 e. The number of aryl methyl sites for hydroxylation is 1. The molecule has 0 radical (unpaired) electrons. The molecule has 1 aliphatic rings. The summed E-state index contributed by atoms with van der Waals surface area (Å²) in [6.45, 7) is 9.03. The van der Waals surface area contributed by atoms with Crippen LogP contribution in [0.4, 0.5) is 33.9 Å². The van der Waals surface area contributed by atoms with E-state index in [0.29, 0.717) is 11.6 Å². The zero-order valence-corrected chi connectivity index (χ0v) is 17.6. The molecule has 0 spiro atoms. The molecule has 2 amide bonds. The second-order valence-electron chi connectivity index (χ2n) is 8.28. The van der Waals surface area contributed by atoms with Gasteiger partial charge in [0.15, 0.2) is 0 Å². The summed E-state index contributed by atoms with van der Waals surface area (Å²) in [6, 6.07) is 3.23. The van der Waals surface area contributed by atoms with Gasteiger partial charge in [-0.1, -0.05) is 6.07 Å². The number of hydrogen-bond acceptors (Lipinski definition) is 4. The number of anilines is 2. The minimum Gasteiger partial charge on any atom is -0.399 e. The zero-order valence-electron chi connectivity index (χ0n) is 17.6. The van der Waals surface area contributed by atoms with Crippen LogP contribution in [0.25, 0.3) is 0 Å². The Bertz CT molecular complexity index is 996. The molecule has 1 saturated heterocycles. The number of pyridine rings is 1. The Labute approximate surface area is 177 Å². The third-order valence-electron chi connectivity index (χ3n) is 5.43. The molecule has 1 aliphatic heterocycles. The average molecular weight is 439 g/mol. The summed E-state index contributed by atoms with van der Waals surface area (Å²) in [6.07, 6.45) is -3.64. The van der Waals surface area contributed by atoms with Gasteiger partial charge in [-0.15, -0.1) is 0 Å². The molecular formula is C20H22BF4N3O3. The lowest BCUT2D eigenvalue weighted by Crippen LogP contribution is -2.41. The van der Waals surface area contributed by atoms with Crippen LogP contribution < -0.4 is 16.1 Å². The number of hydrogen-bond donors (Lipinski definition) is 2. The Morgan fingerprint density at radius 3 is 2.26 bits per heavy atom. The summed E-state index contributed by atoms with van der Waals surface area (Å²) in [5, 5.41) is 4.62. The van der Waals surface area contributed by atoms with Crippen LogP contribution in [0.15, 0.2) is 30.5 Å². The van der Waals surface area contributed by atoms with Crippen molar-refractivity contribution in [3.05, 3.63) is 47.4 Å². The quantitative estimate of drug-likeness (QED) is 0.546. The third-order valence-corrected chi connectivity index (χ3v) is 5.43. The van der Waals surface area contributed by atoms with Crippen molar-refractivity contribution in [3.63, 3.8) is 0 Å². The molecule has 166 valence electrons. The molecule has 0 bridgehead atoms. The van der Waals surface area contributed by atoms with Gasteiger partial charge in [0.05, 0.1) is 16.8 Å². The highest BCUT2D eigenvalue weighted by atomic mass is 19.4. The number of nitrogens with one attached hydrogen (secondary N) is 2. The average Bonchev–Trinajstić information content (AvgIpc) is 2.84. The number of halogens is 4. The molecule has 2 heterocycles. The van der Waals surface area contributed by atoms with Crippen LogP contribution in [-0.2, 0) is 15.5 Å². The zero-order chi connectivity index (χ0) is 23.2. The number of carbonyl (C=O) groups excluding carboxylic acids is 1. The fraction of sp³-hybridized carbons (Fsp3) is 0.400. The third kappa shape index (κ3) is 4.82. The van der Waals surface area contributed by atoms with E-state index in [2.05, 4.69) is 15.6 Å². The van der Waals surface area contributed by atoms with E-state index in [4.69, 9.17) is 9.31 Å². The molecule has 31 heavy (non-hydrogen) atoms. The Kier molecular flexibility index (Phi) is 5.79. The standard InChI is InChI=1S/C20H22BF4N3O3/c1-11-8-13(21-30-18(2,3)19(4,5)31-21)14(22)10-15(11)27-17(29)28-16-9-12(6-7-26-16)20(23,24)25/h6-10H,1-5H3,(H2,26,27,28,29). The van der Waals surface area contributed by atoms with Gasteiger partial charge >= 0.3 is 19.3 Å². The summed E-state index contributed by atoms with van der Waals surface area (Å²) in [5.41, 5.74) is -1.41. The first-order chi connectivity index (χ1) is 14.2. The first kappa shape index (κ1) is 23.0. The lowest BCUT2D eigenvalue weighted by atomic mass is 9.77. The van der Waals surface area contributed by atoms with Crippen molar-refractivity contribution in [2.24, 2.45) is 0 Å². The normalized spacial score (nSPS) is 17.5. The van der Waals surface area contributed by atoms with Gasteiger partial charge in [-0.3, -0.25) is 5.32 Å². The number of rotatable bonds is 3. The van der Waals surface area contributed by atoms with Crippen molar-refractivity contribution >= 4 is 30.1 Å². The van der Waals surface area contributed by atoms with Crippen LogP contribution in [0.3, 0.4) is 0 Å². The van der Waals surface area contributed by atoms with Crippen LogP contribution >= 0.6 is 0 Å². The van der Waals surface area contributed by atoms with E-state index in [0.717, 1.165) is 18.3 Å². The Hall–Kier alpha value is -2.66. The summed E-state index contributed by atoms with van der Waals surface area (Å²) in [7, 11) is -0.916. The Balaban J connectivity index is 1.75. The number of carbonyl (C=O) groups is 1. The van der Waals surface area contributed by atoms with Crippen molar-refractivity contribution in [1.29, 1.82) is 0 Å². The van der Waals surface area contributed by atoms with Crippen LogP contribution in [-0.4, -0.2) is 29.3 Å². The van der Waals surface area contributed by atoms with Crippen LogP contribution in [0.1, 0.15) is 38.8 Å². The van der Waals surface area contributed by atoms with Gasteiger partial charge in [-0.2, -0.15) is 13.2 Å². The van der Waals surface area contributed by atoms with Gasteiger partial charge in [0, 0.05) is 17.3 Å². The van der Waals surface area contributed by atoms with Crippen LogP contribution in [0.5, 0.6) is 0 Å². The molecule has 6 nitrogen and oxygen atoms in total. The number of urea groups is 1. The molecule has 1 fully saturated rings. The molecule has 0 aliphatic carbocycles. The van der Waals surface area contributed by atoms with Gasteiger partial charge in [-0.05, 0) is 58.4 Å². The summed E-state index contributed by atoms with van der Waals surface area (Å²) in [5.74, 6) is -0.948. The van der Waals surface area contributed by atoms with Gasteiger partial charge in [0.1, 0.15) is 11.6 Å². The van der Waals surface area contributed by atoms with E-state index in [-0.39, 0.29) is 17.0 Å². The Morgan fingerprint density at radius 1 is 1.06 bits per heavy atom. The van der Waals surface area contributed by atoms with Gasteiger partial charge in [0.2, 0.25) is 0 Å². The van der Waals surface area contributed by atoms with E-state index in [1.54, 1.807) is 6.92 Å². The number of benzene rings is 1. The van der Waals surface area contributed by atoms with Gasteiger partial charge in [-0.25, -0.2) is 14.2 Å². The SMILES string of the molecule is Cc1cc(B2OC(C)(C)C(C)(C)O2)c(F)cc1NC(=O)Nc1cc(C(F)(F)F)ccn1. The monoisotopic (exact) mass is 439 g/mol. The molecular weight excluding hydrogens is 417 g/mol. The van der Waals surface area contributed by atoms with Crippen molar-refractivity contribution < 1.29 is 31.7 Å². The van der Waals surface area contributed by atoms with Crippen molar-refractivity contribution in [2.45, 2.75) is 52.0 Å². The van der Waals surface area contributed by atoms with E-state index in [1.165, 1.54) is 6.07 Å². The number of nitrogens with zero attached hydrogens (tertiary/aromatic N) is 1. The summed E-state index contributed by atoms with van der Waals surface area (Å²) >= 11 is 0. The maximum Gasteiger partial charge on any atom is 0.497 e. The first-order valence-corrected chi connectivity index (χ1v) is 9.46. The van der Waals surface area contributed by atoms with E-state index >= 15 is 0 Å². The number of alkyl halides is 3. The number of amides is 2. The van der Waals surface area contributed by atoms with E-state index in [9.17, 15) is 22.4 Å². The second kappa shape index (κ2) is 7.79. The molecule has 1 aromatic heterocycles. The maximum absolute atomic E-state index is 14.8. The Morgan fingerprint density at radius 2 is 1.68 bits per heavy atom. The summed E-state index contributed by atoms with van der Waals surface area (Å²) in [4.78, 5) is 15.9. The molecule has 2 aromatic rings. The first-order valence-electron chi connectivity index (χ1n) is 9.46. The maximum atomic E-state index is 14.8. The minimum atomic E-state index is -4.57. The highest BCUT2D eigenvalue weighted by Gasteiger charge is 2.52. The predicted molar refractivity (Wildman–Crippen MR) is 109 cm³/mol.